The van der Waals surface area contributed by atoms with Gasteiger partial charge in [-0.3, -0.25) is 0 Å². The molecule has 1 amide bonds. The Labute approximate surface area is 79.3 Å². The molecule has 0 aliphatic rings. The second kappa shape index (κ2) is 4.60. The van der Waals surface area contributed by atoms with E-state index in [0.717, 1.165) is 0 Å². The summed E-state index contributed by atoms with van der Waals surface area (Å²) in [5, 5.41) is 2.62. The molecule has 0 aromatic heterocycles. The fraction of sp³-hybridized carbons (Fsp3) is 0.875. The van der Waals surface area contributed by atoms with E-state index in [1.165, 1.54) is 0 Å². The minimum absolute atomic E-state index is 0.00477. The highest BCUT2D eigenvalue weighted by atomic mass is 32.1. The van der Waals surface area contributed by atoms with Gasteiger partial charge in [0, 0.05) is 11.8 Å². The average Bonchev–Trinajstić information content (AvgIpc) is 1.82. The van der Waals surface area contributed by atoms with Gasteiger partial charge in [-0.1, -0.05) is 12.6 Å². The number of hydrogen-bond acceptors (Lipinski definition) is 2. The Hall–Kier alpha value is -0.380. The van der Waals surface area contributed by atoms with E-state index < -0.39 is 11.7 Å². The van der Waals surface area contributed by atoms with E-state index in [1.54, 1.807) is 0 Å². The summed E-state index contributed by atoms with van der Waals surface area (Å²) in [7, 11) is 0. The van der Waals surface area contributed by atoms with Crippen molar-refractivity contribution in [2.45, 2.75) is 39.3 Å². The molecule has 0 aliphatic carbocycles. The molecule has 3 nitrogen and oxygen atoms in total. The number of amides is 1. The Kier molecular flexibility index (Phi) is 4.45. The Morgan fingerprint density at radius 1 is 1.58 bits per heavy atom. The van der Waals surface area contributed by atoms with Gasteiger partial charge in [-0.25, -0.2) is 4.79 Å². The van der Waals surface area contributed by atoms with Crippen LogP contribution in [-0.4, -0.2) is 23.5 Å². The quantitative estimate of drug-likeness (QED) is 0.724. The van der Waals surface area contributed by atoms with E-state index in [-0.39, 0.29) is 6.04 Å². The first-order chi connectivity index (χ1) is 5.35. The fourth-order valence-electron chi connectivity index (χ4n) is 0.550. The fourth-order valence-corrected chi connectivity index (χ4v) is 0.634. The topological polar surface area (TPSA) is 38.3 Å². The molecule has 0 fully saturated rings. The van der Waals surface area contributed by atoms with Crippen LogP contribution in [0.1, 0.15) is 27.7 Å². The molecular formula is C8H16NO2S. The van der Waals surface area contributed by atoms with Crippen LogP contribution in [0.2, 0.25) is 0 Å². The molecule has 1 radical (unpaired) electrons. The maximum absolute atomic E-state index is 11.0. The molecule has 0 heterocycles. The van der Waals surface area contributed by atoms with Crippen molar-refractivity contribution >= 4 is 18.7 Å². The van der Waals surface area contributed by atoms with Gasteiger partial charge in [0.15, 0.2) is 0 Å². The van der Waals surface area contributed by atoms with Gasteiger partial charge in [-0.15, -0.1) is 0 Å². The molecule has 0 spiro atoms. The predicted molar refractivity (Wildman–Crippen MR) is 51.3 cm³/mol. The minimum atomic E-state index is -0.439. The van der Waals surface area contributed by atoms with Crippen molar-refractivity contribution in [1.29, 1.82) is 0 Å². The van der Waals surface area contributed by atoms with E-state index >= 15 is 0 Å². The average molecular weight is 190 g/mol. The third kappa shape index (κ3) is 6.34. The molecule has 1 atom stereocenters. The largest absolute Gasteiger partial charge is 0.444 e. The van der Waals surface area contributed by atoms with Gasteiger partial charge >= 0.3 is 6.09 Å². The molecule has 4 heteroatoms. The van der Waals surface area contributed by atoms with Crippen molar-refractivity contribution in [3.8, 4) is 0 Å². The Morgan fingerprint density at radius 2 is 2.08 bits per heavy atom. The molecule has 71 valence electrons. The third-order valence-electron chi connectivity index (χ3n) is 1.01. The monoisotopic (exact) mass is 190 g/mol. The zero-order chi connectivity index (χ0) is 9.78. The first-order valence-electron chi connectivity index (χ1n) is 3.93. The highest BCUT2D eigenvalue weighted by Crippen LogP contribution is 2.06. The predicted octanol–water partition coefficient (Wildman–Crippen LogP) is 2.10. The number of carbonyl (C=O) groups excluding carboxylic acids is 1. The Balaban J connectivity index is 3.75. The summed E-state index contributed by atoms with van der Waals surface area (Å²) in [5.41, 5.74) is -0.439. The molecule has 0 saturated carbocycles. The second-order valence-corrected chi connectivity index (χ2v) is 4.05. The summed E-state index contributed by atoms with van der Waals surface area (Å²) in [6.07, 6.45) is -0.403. The smallest absolute Gasteiger partial charge is 0.407 e. The standard InChI is InChI=1S/C8H16NO2S/c1-6(5-12)9-7(10)11-8(2,3)4/h6H,5H2,1-4H3,(H,9,10)/t6-/m0/s1. The summed E-state index contributed by atoms with van der Waals surface area (Å²) in [4.78, 5) is 11.0. The van der Waals surface area contributed by atoms with Gasteiger partial charge < -0.3 is 10.1 Å². The van der Waals surface area contributed by atoms with Crippen molar-refractivity contribution in [1.82, 2.24) is 5.32 Å². The Morgan fingerprint density at radius 3 is 2.42 bits per heavy atom. The van der Waals surface area contributed by atoms with Crippen LogP contribution in [0.4, 0.5) is 4.79 Å². The highest BCUT2D eigenvalue weighted by molar-refractivity contribution is 7.80. The van der Waals surface area contributed by atoms with Crippen molar-refractivity contribution in [2.75, 3.05) is 5.75 Å². The first-order valence-corrected chi connectivity index (χ1v) is 4.50. The van der Waals surface area contributed by atoms with Gasteiger partial charge in [-0.05, 0) is 27.7 Å². The van der Waals surface area contributed by atoms with Crippen LogP contribution in [0.15, 0.2) is 0 Å². The molecule has 1 N–H and O–H groups in total. The molecule has 0 saturated heterocycles. The second-order valence-electron chi connectivity index (χ2n) is 3.71. The molecule has 0 rings (SSSR count). The molecule has 12 heavy (non-hydrogen) atoms. The zero-order valence-corrected chi connectivity index (χ0v) is 8.83. The van der Waals surface area contributed by atoms with Crippen LogP contribution in [0.3, 0.4) is 0 Å². The summed E-state index contributed by atoms with van der Waals surface area (Å²) in [6, 6.07) is -0.00477. The third-order valence-corrected chi connectivity index (χ3v) is 1.51. The minimum Gasteiger partial charge on any atom is -0.444 e. The SMILES string of the molecule is C[C@@H](C[S])NC(=O)OC(C)(C)C. The van der Waals surface area contributed by atoms with Crippen LogP contribution in [0.5, 0.6) is 0 Å². The molecular weight excluding hydrogens is 174 g/mol. The maximum Gasteiger partial charge on any atom is 0.407 e. The summed E-state index contributed by atoms with van der Waals surface area (Å²) < 4.78 is 5.01. The summed E-state index contributed by atoms with van der Waals surface area (Å²) >= 11 is 4.76. The summed E-state index contributed by atoms with van der Waals surface area (Å²) in [6.45, 7) is 7.32. The van der Waals surface area contributed by atoms with Gasteiger partial charge in [0.1, 0.15) is 5.60 Å². The molecule has 0 aromatic rings. The van der Waals surface area contributed by atoms with E-state index in [1.807, 2.05) is 27.7 Å². The first kappa shape index (κ1) is 11.6. The lowest BCUT2D eigenvalue weighted by Gasteiger charge is -2.21. The summed E-state index contributed by atoms with van der Waals surface area (Å²) in [5.74, 6) is 0.499. The molecule has 0 aliphatic heterocycles. The van der Waals surface area contributed by atoms with E-state index in [9.17, 15) is 4.79 Å². The van der Waals surface area contributed by atoms with E-state index in [0.29, 0.717) is 5.75 Å². The van der Waals surface area contributed by atoms with Gasteiger partial charge in [0.05, 0.1) is 0 Å². The van der Waals surface area contributed by atoms with Gasteiger partial charge in [-0.2, -0.15) is 0 Å². The van der Waals surface area contributed by atoms with E-state index in [2.05, 4.69) is 5.32 Å². The van der Waals surface area contributed by atoms with Crippen LogP contribution in [-0.2, 0) is 4.74 Å². The van der Waals surface area contributed by atoms with E-state index in [4.69, 9.17) is 17.4 Å². The van der Waals surface area contributed by atoms with Crippen molar-refractivity contribution < 1.29 is 9.53 Å². The molecule has 0 unspecified atom stereocenters. The lowest BCUT2D eigenvalue weighted by molar-refractivity contribution is 0.0513. The zero-order valence-electron chi connectivity index (χ0n) is 8.01. The van der Waals surface area contributed by atoms with Crippen LogP contribution < -0.4 is 5.32 Å². The maximum atomic E-state index is 11.0. The number of carbonyl (C=O) groups is 1. The molecule has 0 bridgehead atoms. The van der Waals surface area contributed by atoms with Gasteiger partial charge in [0.25, 0.3) is 0 Å². The highest BCUT2D eigenvalue weighted by Gasteiger charge is 2.16. The number of alkyl carbamates (subject to hydrolysis) is 1. The lowest BCUT2D eigenvalue weighted by atomic mass is 10.2. The normalized spacial score (nSPS) is 13.8. The van der Waals surface area contributed by atoms with Crippen molar-refractivity contribution in [3.05, 3.63) is 0 Å². The van der Waals surface area contributed by atoms with Crippen LogP contribution in [0, 0.1) is 0 Å². The van der Waals surface area contributed by atoms with Crippen LogP contribution >= 0.6 is 12.6 Å². The van der Waals surface area contributed by atoms with Crippen molar-refractivity contribution in [3.63, 3.8) is 0 Å². The number of rotatable bonds is 2. The van der Waals surface area contributed by atoms with Gasteiger partial charge in [0.2, 0.25) is 0 Å². The Bertz CT molecular complexity index is 154. The number of ether oxygens (including phenoxy) is 1. The van der Waals surface area contributed by atoms with Crippen LogP contribution in [0.25, 0.3) is 0 Å². The van der Waals surface area contributed by atoms with Crippen molar-refractivity contribution in [2.24, 2.45) is 0 Å². The molecule has 0 aromatic carbocycles. The lowest BCUT2D eigenvalue weighted by Crippen LogP contribution is -2.38. The number of hydrogen-bond donors (Lipinski definition) is 1. The number of nitrogens with one attached hydrogen (secondary N) is 1.